The Labute approximate surface area is 169 Å². The lowest BCUT2D eigenvalue weighted by Crippen LogP contribution is -2.17. The van der Waals surface area contributed by atoms with Gasteiger partial charge in [0, 0.05) is 42.0 Å². The quantitative estimate of drug-likeness (QED) is 0.579. The first-order valence-corrected chi connectivity index (χ1v) is 9.17. The fourth-order valence-corrected chi connectivity index (χ4v) is 2.96. The summed E-state index contributed by atoms with van der Waals surface area (Å²) in [6.45, 7) is 1.43. The second-order valence-corrected chi connectivity index (χ2v) is 6.30. The molecular weight excluding hydrogens is 364 g/mol. The molecule has 2 aromatic carbocycles. The van der Waals surface area contributed by atoms with Gasteiger partial charge in [0.05, 0.1) is 23.8 Å². The summed E-state index contributed by atoms with van der Waals surface area (Å²) in [5.41, 5.74) is 4.16. The molecule has 1 heterocycles. The van der Waals surface area contributed by atoms with E-state index < -0.39 is 0 Å². The Kier molecular flexibility index (Phi) is 6.91. The summed E-state index contributed by atoms with van der Waals surface area (Å²) in [5, 5.41) is 31.0. The molecule has 144 valence electrons. The van der Waals surface area contributed by atoms with E-state index in [1.54, 1.807) is 24.4 Å². The van der Waals surface area contributed by atoms with E-state index in [-0.39, 0.29) is 13.2 Å². The number of benzene rings is 2. The number of nitrogens with one attached hydrogen (secondary N) is 1. The van der Waals surface area contributed by atoms with Crippen molar-refractivity contribution < 1.29 is 9.84 Å². The van der Waals surface area contributed by atoms with Crippen LogP contribution in [0.15, 0.2) is 60.8 Å². The fraction of sp³-hybridized carbons (Fsp3) is 0.174. The summed E-state index contributed by atoms with van der Waals surface area (Å²) < 4.78 is 5.77. The van der Waals surface area contributed by atoms with Gasteiger partial charge in [0.15, 0.2) is 0 Å². The van der Waals surface area contributed by atoms with Crippen molar-refractivity contribution >= 4 is 0 Å². The summed E-state index contributed by atoms with van der Waals surface area (Å²) in [4.78, 5) is 4.29. The average molecular weight is 384 g/mol. The predicted molar refractivity (Wildman–Crippen MR) is 109 cm³/mol. The van der Waals surface area contributed by atoms with E-state index in [2.05, 4.69) is 22.4 Å². The smallest absolute Gasteiger partial charge is 0.213 e. The minimum absolute atomic E-state index is 0.0910. The first-order chi connectivity index (χ1) is 14.3. The van der Waals surface area contributed by atoms with Gasteiger partial charge in [0.25, 0.3) is 0 Å². The Morgan fingerprint density at radius 3 is 2.52 bits per heavy atom. The van der Waals surface area contributed by atoms with Crippen molar-refractivity contribution in [2.45, 2.75) is 13.2 Å². The Balaban J connectivity index is 1.77. The van der Waals surface area contributed by atoms with Gasteiger partial charge >= 0.3 is 0 Å². The third kappa shape index (κ3) is 4.97. The van der Waals surface area contributed by atoms with Gasteiger partial charge in [-0.1, -0.05) is 42.5 Å². The van der Waals surface area contributed by atoms with Crippen LogP contribution < -0.4 is 10.1 Å². The lowest BCUT2D eigenvalue weighted by Gasteiger charge is -2.12. The highest BCUT2D eigenvalue weighted by Gasteiger charge is 2.13. The molecule has 0 radical (unpaired) electrons. The van der Waals surface area contributed by atoms with E-state index in [1.807, 2.05) is 36.4 Å². The maximum absolute atomic E-state index is 9.73. The molecule has 3 aromatic rings. The monoisotopic (exact) mass is 384 g/mol. The second kappa shape index (κ2) is 10.0. The normalized spacial score (nSPS) is 10.2. The molecular formula is C23H20N4O2. The van der Waals surface area contributed by atoms with E-state index in [0.29, 0.717) is 35.7 Å². The SMILES string of the molecule is N#Cc1ccccc1-c1cccc(COc2ccc(CNCCO)cn2)c1C#N. The van der Waals surface area contributed by atoms with Gasteiger partial charge in [-0.05, 0) is 11.6 Å². The van der Waals surface area contributed by atoms with Crippen LogP contribution in [0.2, 0.25) is 0 Å². The Morgan fingerprint density at radius 1 is 0.966 bits per heavy atom. The number of pyridine rings is 1. The van der Waals surface area contributed by atoms with Crippen LogP contribution in [-0.2, 0) is 13.2 Å². The molecule has 0 spiro atoms. The van der Waals surface area contributed by atoms with Gasteiger partial charge in [-0.3, -0.25) is 0 Å². The van der Waals surface area contributed by atoms with Crippen molar-refractivity contribution in [1.82, 2.24) is 10.3 Å². The lowest BCUT2D eigenvalue weighted by atomic mass is 9.93. The molecule has 2 N–H and O–H groups in total. The number of aromatic nitrogens is 1. The summed E-state index contributed by atoms with van der Waals surface area (Å²) in [5.74, 6) is 0.461. The first-order valence-electron chi connectivity index (χ1n) is 9.17. The second-order valence-electron chi connectivity index (χ2n) is 6.30. The molecule has 0 aliphatic carbocycles. The minimum atomic E-state index is 0.0910. The third-order valence-corrected chi connectivity index (χ3v) is 4.39. The van der Waals surface area contributed by atoms with Crippen LogP contribution in [0.4, 0.5) is 0 Å². The molecule has 29 heavy (non-hydrogen) atoms. The topological polar surface area (TPSA) is 102 Å². The van der Waals surface area contributed by atoms with Crippen LogP contribution in [0.3, 0.4) is 0 Å². The Morgan fingerprint density at radius 2 is 1.79 bits per heavy atom. The number of nitriles is 2. The Bertz CT molecular complexity index is 1050. The number of ether oxygens (including phenoxy) is 1. The molecule has 1 aromatic heterocycles. The van der Waals surface area contributed by atoms with E-state index >= 15 is 0 Å². The molecule has 0 atom stereocenters. The largest absolute Gasteiger partial charge is 0.473 e. The highest BCUT2D eigenvalue weighted by atomic mass is 16.5. The van der Waals surface area contributed by atoms with Crippen LogP contribution in [0.5, 0.6) is 5.88 Å². The predicted octanol–water partition coefficient (Wildman–Crippen LogP) is 3.15. The van der Waals surface area contributed by atoms with Crippen molar-refractivity contribution in [3.63, 3.8) is 0 Å². The molecule has 0 saturated heterocycles. The molecule has 0 fully saturated rings. The van der Waals surface area contributed by atoms with Crippen LogP contribution in [-0.4, -0.2) is 23.2 Å². The molecule has 3 rings (SSSR count). The standard InChI is InChI=1S/C23H20N4O2/c24-12-18-4-1-2-6-20(18)21-7-3-5-19(22(21)13-25)16-29-23-9-8-17(15-27-23)14-26-10-11-28/h1-9,15,26,28H,10-11,14,16H2. The van der Waals surface area contributed by atoms with Crippen LogP contribution in [0.1, 0.15) is 22.3 Å². The van der Waals surface area contributed by atoms with E-state index in [0.717, 1.165) is 16.7 Å². The molecule has 0 amide bonds. The van der Waals surface area contributed by atoms with Crippen LogP contribution >= 0.6 is 0 Å². The van der Waals surface area contributed by atoms with E-state index in [1.165, 1.54) is 0 Å². The van der Waals surface area contributed by atoms with Gasteiger partial charge in [0.2, 0.25) is 5.88 Å². The highest BCUT2D eigenvalue weighted by Crippen LogP contribution is 2.29. The maximum Gasteiger partial charge on any atom is 0.213 e. The van der Waals surface area contributed by atoms with Crippen molar-refractivity contribution in [3.05, 3.63) is 83.0 Å². The number of hydrogen-bond donors (Lipinski definition) is 2. The van der Waals surface area contributed by atoms with Crippen LogP contribution in [0, 0.1) is 22.7 Å². The molecule has 0 bridgehead atoms. The van der Waals surface area contributed by atoms with Gasteiger partial charge in [-0.2, -0.15) is 10.5 Å². The first kappa shape index (κ1) is 20.0. The highest BCUT2D eigenvalue weighted by molar-refractivity contribution is 5.76. The fourth-order valence-electron chi connectivity index (χ4n) is 2.96. The van der Waals surface area contributed by atoms with E-state index in [9.17, 15) is 10.5 Å². The lowest BCUT2D eigenvalue weighted by molar-refractivity contribution is 0.290. The zero-order valence-corrected chi connectivity index (χ0v) is 15.8. The summed E-state index contributed by atoms with van der Waals surface area (Å²) in [6, 6.07) is 20.9. The molecule has 0 saturated carbocycles. The molecule has 0 unspecified atom stereocenters. The van der Waals surface area contributed by atoms with Gasteiger partial charge in [-0.15, -0.1) is 0 Å². The third-order valence-electron chi connectivity index (χ3n) is 4.39. The molecule has 0 aliphatic rings. The number of rotatable bonds is 8. The summed E-state index contributed by atoms with van der Waals surface area (Å²) in [7, 11) is 0. The summed E-state index contributed by atoms with van der Waals surface area (Å²) in [6.07, 6.45) is 1.71. The minimum Gasteiger partial charge on any atom is -0.473 e. The maximum atomic E-state index is 9.73. The average Bonchev–Trinajstić information content (AvgIpc) is 2.78. The Hall–Kier alpha value is -3.71. The van der Waals surface area contributed by atoms with Crippen molar-refractivity contribution in [3.8, 4) is 29.1 Å². The number of hydrogen-bond acceptors (Lipinski definition) is 6. The van der Waals surface area contributed by atoms with Gasteiger partial charge < -0.3 is 15.2 Å². The van der Waals surface area contributed by atoms with Crippen molar-refractivity contribution in [2.75, 3.05) is 13.2 Å². The zero-order chi connectivity index (χ0) is 20.5. The number of nitrogens with zero attached hydrogens (tertiary/aromatic N) is 3. The van der Waals surface area contributed by atoms with Crippen LogP contribution in [0.25, 0.3) is 11.1 Å². The zero-order valence-electron chi connectivity index (χ0n) is 15.8. The molecule has 0 aliphatic heterocycles. The molecule has 6 heteroatoms. The molecule has 6 nitrogen and oxygen atoms in total. The number of aliphatic hydroxyl groups excluding tert-OH is 1. The van der Waals surface area contributed by atoms with Gasteiger partial charge in [0.1, 0.15) is 12.7 Å². The number of aliphatic hydroxyl groups is 1. The van der Waals surface area contributed by atoms with Crippen molar-refractivity contribution in [2.24, 2.45) is 0 Å². The van der Waals surface area contributed by atoms with E-state index in [4.69, 9.17) is 9.84 Å². The van der Waals surface area contributed by atoms with Gasteiger partial charge in [-0.25, -0.2) is 4.98 Å². The summed E-state index contributed by atoms with van der Waals surface area (Å²) >= 11 is 0. The van der Waals surface area contributed by atoms with Crippen molar-refractivity contribution in [1.29, 1.82) is 10.5 Å².